The Morgan fingerprint density at radius 2 is 1.73 bits per heavy atom. The van der Waals surface area contributed by atoms with E-state index in [0.29, 0.717) is 0 Å². The molecular formula is C12H16BrIO8. The highest BCUT2D eigenvalue weighted by atomic mass is 127. The van der Waals surface area contributed by atoms with Crippen LogP contribution in [0.4, 0.5) is 0 Å². The minimum absolute atomic E-state index is 0.262. The Labute approximate surface area is 149 Å². The summed E-state index contributed by atoms with van der Waals surface area (Å²) in [4.78, 5) is 33.6. The van der Waals surface area contributed by atoms with Crippen molar-refractivity contribution in [3.8, 4) is 0 Å². The SMILES string of the molecule is CC(=O)OC[C@H]1OC(O)C(Br)(I)[C@@H](OC(C)=O)[C@@H]1OC(C)=O. The Morgan fingerprint density at radius 3 is 2.18 bits per heavy atom. The summed E-state index contributed by atoms with van der Waals surface area (Å²) in [6.07, 6.45) is -4.46. The number of halogens is 2. The lowest BCUT2D eigenvalue weighted by atomic mass is 10.0. The summed E-state index contributed by atoms with van der Waals surface area (Å²) in [5.41, 5.74) is 0. The summed E-state index contributed by atoms with van der Waals surface area (Å²) in [6.45, 7) is 3.31. The van der Waals surface area contributed by atoms with Gasteiger partial charge in [0.25, 0.3) is 0 Å². The Morgan fingerprint density at radius 1 is 1.18 bits per heavy atom. The molecule has 1 N–H and O–H groups in total. The van der Waals surface area contributed by atoms with Crippen molar-refractivity contribution in [2.24, 2.45) is 0 Å². The molecule has 0 bridgehead atoms. The monoisotopic (exact) mass is 494 g/mol. The molecule has 1 fully saturated rings. The van der Waals surface area contributed by atoms with Gasteiger partial charge in [-0.3, -0.25) is 14.4 Å². The predicted octanol–water partition coefficient (Wildman–Crippen LogP) is 0.656. The van der Waals surface area contributed by atoms with Crippen molar-refractivity contribution in [2.75, 3.05) is 6.61 Å². The number of alkyl halides is 2. The number of rotatable bonds is 4. The Bertz CT molecular complexity index is 454. The Balaban J connectivity index is 3.07. The molecule has 0 spiro atoms. The van der Waals surface area contributed by atoms with E-state index in [4.69, 9.17) is 18.9 Å². The lowest BCUT2D eigenvalue weighted by molar-refractivity contribution is -0.250. The van der Waals surface area contributed by atoms with E-state index in [0.717, 1.165) is 0 Å². The minimum Gasteiger partial charge on any atom is -0.463 e. The van der Waals surface area contributed by atoms with E-state index in [1.807, 2.05) is 0 Å². The third-order valence-electron chi connectivity index (χ3n) is 2.72. The molecule has 5 atom stereocenters. The molecule has 1 aliphatic heterocycles. The van der Waals surface area contributed by atoms with Crippen molar-refractivity contribution in [3.63, 3.8) is 0 Å². The molecule has 0 aliphatic carbocycles. The van der Waals surface area contributed by atoms with Gasteiger partial charge in [-0.25, -0.2) is 0 Å². The zero-order valence-electron chi connectivity index (χ0n) is 12.1. The van der Waals surface area contributed by atoms with Gasteiger partial charge in [0.15, 0.2) is 20.8 Å². The van der Waals surface area contributed by atoms with Crippen molar-refractivity contribution < 1.29 is 38.4 Å². The zero-order valence-corrected chi connectivity index (χ0v) is 15.8. The lowest BCUT2D eigenvalue weighted by Gasteiger charge is -2.45. The second-order valence-electron chi connectivity index (χ2n) is 4.61. The molecule has 0 saturated carbocycles. The summed E-state index contributed by atoms with van der Waals surface area (Å²) < 4.78 is 19.3. The average molecular weight is 495 g/mol. The molecule has 0 amide bonds. The number of aliphatic hydroxyl groups excluding tert-OH is 1. The van der Waals surface area contributed by atoms with Crippen LogP contribution < -0.4 is 0 Å². The van der Waals surface area contributed by atoms with Crippen LogP contribution in [0, 0.1) is 0 Å². The number of carbonyl (C=O) groups is 3. The van der Waals surface area contributed by atoms with E-state index in [1.54, 1.807) is 22.6 Å². The molecule has 0 radical (unpaired) electrons. The summed E-state index contributed by atoms with van der Waals surface area (Å²) in [6, 6.07) is 0. The van der Waals surface area contributed by atoms with Crippen LogP contribution in [-0.4, -0.2) is 56.6 Å². The molecule has 1 heterocycles. The zero-order chi connectivity index (χ0) is 17.1. The second-order valence-corrected chi connectivity index (χ2v) is 9.19. The molecule has 0 aromatic rings. The Kier molecular flexibility index (Phi) is 7.02. The van der Waals surface area contributed by atoms with Crippen LogP contribution in [0.5, 0.6) is 0 Å². The summed E-state index contributed by atoms with van der Waals surface area (Å²) >= 11 is 5.02. The average Bonchev–Trinajstić information content (AvgIpc) is 2.36. The van der Waals surface area contributed by atoms with Gasteiger partial charge in [0.2, 0.25) is 0 Å². The molecule has 1 rings (SSSR count). The maximum Gasteiger partial charge on any atom is 0.303 e. The van der Waals surface area contributed by atoms with Crippen molar-refractivity contribution >= 4 is 56.4 Å². The normalized spacial score (nSPS) is 34.6. The maximum absolute atomic E-state index is 11.3. The summed E-state index contributed by atoms with van der Waals surface area (Å²) in [7, 11) is 0. The first-order valence-electron chi connectivity index (χ1n) is 6.24. The lowest BCUT2D eigenvalue weighted by Crippen LogP contribution is -2.63. The number of hydrogen-bond acceptors (Lipinski definition) is 8. The molecule has 2 unspecified atom stereocenters. The molecule has 8 nitrogen and oxygen atoms in total. The van der Waals surface area contributed by atoms with Crippen LogP contribution in [0.15, 0.2) is 0 Å². The van der Waals surface area contributed by atoms with Crippen LogP contribution in [0.2, 0.25) is 0 Å². The first-order chi connectivity index (χ1) is 10.1. The summed E-state index contributed by atoms with van der Waals surface area (Å²) in [5, 5.41) is 10.1. The van der Waals surface area contributed by atoms with Crippen LogP contribution >= 0.6 is 38.5 Å². The number of hydrogen-bond donors (Lipinski definition) is 1. The number of esters is 3. The van der Waals surface area contributed by atoms with Gasteiger partial charge in [0.05, 0.1) is 0 Å². The summed E-state index contributed by atoms with van der Waals surface area (Å²) in [5.74, 6) is -1.81. The largest absolute Gasteiger partial charge is 0.463 e. The smallest absolute Gasteiger partial charge is 0.303 e. The van der Waals surface area contributed by atoms with Gasteiger partial charge in [-0.1, -0.05) is 38.5 Å². The Hall–Kier alpha value is -0.460. The highest BCUT2D eigenvalue weighted by Gasteiger charge is 2.57. The van der Waals surface area contributed by atoms with Gasteiger partial charge < -0.3 is 24.1 Å². The van der Waals surface area contributed by atoms with E-state index < -0.39 is 44.8 Å². The van der Waals surface area contributed by atoms with Crippen molar-refractivity contribution in [1.82, 2.24) is 0 Å². The molecule has 1 saturated heterocycles. The highest BCUT2D eigenvalue weighted by Crippen LogP contribution is 2.44. The van der Waals surface area contributed by atoms with E-state index in [9.17, 15) is 19.5 Å². The number of carbonyl (C=O) groups excluding carboxylic acids is 3. The first-order valence-corrected chi connectivity index (χ1v) is 8.12. The standard InChI is InChI=1S/C12H16BrIO8/c1-5(15)19-4-8-9(20-6(2)16)10(21-7(3)17)12(13,14)11(18)22-8/h8-11,18H,4H2,1-3H3/t8-,9-,10+,11?,12?/m1/s1. The van der Waals surface area contributed by atoms with Crippen molar-refractivity contribution in [1.29, 1.82) is 0 Å². The van der Waals surface area contributed by atoms with Crippen LogP contribution in [-0.2, 0) is 33.3 Å². The fourth-order valence-electron chi connectivity index (χ4n) is 1.88. The second kappa shape index (κ2) is 7.88. The predicted molar refractivity (Wildman–Crippen MR) is 84.3 cm³/mol. The molecule has 1 aliphatic rings. The van der Waals surface area contributed by atoms with Gasteiger partial charge >= 0.3 is 17.9 Å². The van der Waals surface area contributed by atoms with Gasteiger partial charge in [-0.05, 0) is 0 Å². The fourth-order valence-corrected chi connectivity index (χ4v) is 2.97. The van der Waals surface area contributed by atoms with Crippen molar-refractivity contribution in [3.05, 3.63) is 0 Å². The van der Waals surface area contributed by atoms with Crippen LogP contribution in [0.3, 0.4) is 0 Å². The minimum atomic E-state index is -1.38. The van der Waals surface area contributed by atoms with E-state index in [1.165, 1.54) is 20.8 Å². The first kappa shape index (κ1) is 19.6. The molecule has 0 aromatic heterocycles. The molecule has 22 heavy (non-hydrogen) atoms. The highest BCUT2D eigenvalue weighted by molar-refractivity contribution is 14.1. The van der Waals surface area contributed by atoms with Gasteiger partial charge in [-0.15, -0.1) is 0 Å². The van der Waals surface area contributed by atoms with E-state index >= 15 is 0 Å². The number of ether oxygens (including phenoxy) is 4. The third-order valence-corrected chi connectivity index (χ3v) is 4.71. The molecule has 0 aromatic carbocycles. The third kappa shape index (κ3) is 5.03. The molecule has 126 valence electrons. The topological polar surface area (TPSA) is 108 Å². The van der Waals surface area contributed by atoms with Crippen LogP contribution in [0.25, 0.3) is 0 Å². The van der Waals surface area contributed by atoms with E-state index in [2.05, 4.69) is 15.9 Å². The van der Waals surface area contributed by atoms with Crippen LogP contribution in [0.1, 0.15) is 20.8 Å². The molecule has 10 heteroatoms. The maximum atomic E-state index is 11.3. The van der Waals surface area contributed by atoms with E-state index in [-0.39, 0.29) is 6.61 Å². The van der Waals surface area contributed by atoms with Gasteiger partial charge in [0.1, 0.15) is 12.7 Å². The van der Waals surface area contributed by atoms with Gasteiger partial charge in [0, 0.05) is 20.8 Å². The quantitative estimate of drug-likeness (QED) is 0.263. The molecular weight excluding hydrogens is 479 g/mol. The fraction of sp³-hybridized carbons (Fsp3) is 0.750. The number of aliphatic hydroxyl groups is 1. The van der Waals surface area contributed by atoms with Crippen molar-refractivity contribution in [2.45, 2.75) is 47.7 Å². The van der Waals surface area contributed by atoms with Gasteiger partial charge in [-0.2, -0.15) is 0 Å².